The molecule has 0 radical (unpaired) electrons. The van der Waals surface area contributed by atoms with Gasteiger partial charge in [-0.2, -0.15) is 0 Å². The van der Waals surface area contributed by atoms with Gasteiger partial charge in [-0.1, -0.05) is 37.2 Å². The number of rotatable bonds is 4. The molecule has 0 fully saturated rings. The molecule has 6 nitrogen and oxygen atoms in total. The Kier molecular flexibility index (Phi) is 5.40. The maximum absolute atomic E-state index is 12.9. The third-order valence-electron chi connectivity index (χ3n) is 5.01. The van der Waals surface area contributed by atoms with E-state index in [2.05, 4.69) is 19.0 Å². The van der Waals surface area contributed by atoms with Crippen molar-refractivity contribution in [1.82, 2.24) is 4.98 Å². The molecular weight excluding hydrogens is 356 g/mol. The highest BCUT2D eigenvalue weighted by Gasteiger charge is 2.36. The van der Waals surface area contributed by atoms with E-state index >= 15 is 0 Å². The molecule has 0 bridgehead atoms. The van der Waals surface area contributed by atoms with Crippen LogP contribution in [0.1, 0.15) is 54.5 Å². The van der Waals surface area contributed by atoms with Crippen molar-refractivity contribution < 1.29 is 19.5 Å². The molecule has 3 rings (SSSR count). The number of methoxy groups -OCH3 is 1. The van der Waals surface area contributed by atoms with Crippen molar-refractivity contribution in [2.45, 2.75) is 40.5 Å². The number of hydrogen-bond acceptors (Lipinski definition) is 6. The van der Waals surface area contributed by atoms with Crippen molar-refractivity contribution in [2.75, 3.05) is 13.7 Å². The van der Waals surface area contributed by atoms with E-state index in [1.54, 1.807) is 14.0 Å². The van der Waals surface area contributed by atoms with Gasteiger partial charge in [-0.15, -0.1) is 0 Å². The van der Waals surface area contributed by atoms with E-state index in [1.807, 2.05) is 31.2 Å². The second-order valence-corrected chi connectivity index (χ2v) is 7.75. The Bertz CT molecular complexity index is 948. The molecule has 28 heavy (non-hydrogen) atoms. The average molecular weight is 382 g/mol. The highest BCUT2D eigenvalue weighted by Crippen LogP contribution is 2.43. The van der Waals surface area contributed by atoms with Crippen LogP contribution in [0.15, 0.2) is 29.4 Å². The van der Waals surface area contributed by atoms with Gasteiger partial charge in [0, 0.05) is 16.7 Å². The number of aryl methyl sites for hydroxylation is 1. The Hall–Kier alpha value is -2.89. The van der Waals surface area contributed by atoms with Gasteiger partial charge >= 0.3 is 5.97 Å². The van der Waals surface area contributed by atoms with E-state index < -0.39 is 5.97 Å². The molecule has 0 saturated heterocycles. The van der Waals surface area contributed by atoms with Gasteiger partial charge in [0.05, 0.1) is 36.4 Å². The number of oxime groups is 1. The second kappa shape index (κ2) is 7.62. The molecule has 0 spiro atoms. The van der Waals surface area contributed by atoms with E-state index in [9.17, 15) is 10.0 Å². The summed E-state index contributed by atoms with van der Waals surface area (Å²) in [6.07, 6.45) is 1.29. The van der Waals surface area contributed by atoms with Crippen molar-refractivity contribution in [2.24, 2.45) is 10.6 Å². The molecule has 0 saturated carbocycles. The lowest BCUT2D eigenvalue weighted by Gasteiger charge is -2.33. The Labute approximate surface area is 165 Å². The Morgan fingerprint density at radius 3 is 2.61 bits per heavy atom. The SMILES string of the molecule is CCOC(=O)c1c(C)nc2c(c1-c1ccccc1OC)C(=NO)CC(C)(C)C2. The molecule has 2 aromatic rings. The first-order valence-electron chi connectivity index (χ1n) is 9.38. The maximum atomic E-state index is 12.9. The fourth-order valence-electron chi connectivity index (χ4n) is 3.92. The molecule has 148 valence electrons. The monoisotopic (exact) mass is 382 g/mol. The predicted molar refractivity (Wildman–Crippen MR) is 107 cm³/mol. The van der Waals surface area contributed by atoms with E-state index in [-0.39, 0.29) is 12.0 Å². The minimum atomic E-state index is -0.446. The molecule has 1 aliphatic rings. The molecule has 0 aliphatic heterocycles. The summed E-state index contributed by atoms with van der Waals surface area (Å²) in [5.41, 5.74) is 4.30. The molecule has 1 heterocycles. The zero-order chi connectivity index (χ0) is 20.5. The van der Waals surface area contributed by atoms with Gasteiger partial charge in [0.1, 0.15) is 5.75 Å². The summed E-state index contributed by atoms with van der Waals surface area (Å²) in [5.74, 6) is 0.182. The predicted octanol–water partition coefficient (Wildman–Crippen LogP) is 4.39. The minimum Gasteiger partial charge on any atom is -0.496 e. The topological polar surface area (TPSA) is 81.0 Å². The Balaban J connectivity index is 2.43. The first-order valence-corrected chi connectivity index (χ1v) is 9.38. The summed E-state index contributed by atoms with van der Waals surface area (Å²) in [6.45, 7) is 8.06. The number of para-hydroxylation sites is 1. The van der Waals surface area contributed by atoms with Gasteiger partial charge in [-0.3, -0.25) is 4.98 Å². The minimum absolute atomic E-state index is 0.0997. The van der Waals surface area contributed by atoms with Crippen LogP contribution in [0, 0.1) is 12.3 Å². The zero-order valence-electron chi connectivity index (χ0n) is 17.0. The summed E-state index contributed by atoms with van der Waals surface area (Å²) >= 11 is 0. The second-order valence-electron chi connectivity index (χ2n) is 7.75. The largest absolute Gasteiger partial charge is 0.496 e. The lowest BCUT2D eigenvalue weighted by Crippen LogP contribution is -2.30. The van der Waals surface area contributed by atoms with Crippen LogP contribution in [-0.2, 0) is 11.2 Å². The van der Waals surface area contributed by atoms with Gasteiger partial charge < -0.3 is 14.7 Å². The summed E-state index contributed by atoms with van der Waals surface area (Å²) < 4.78 is 10.9. The van der Waals surface area contributed by atoms with Gasteiger partial charge in [-0.05, 0) is 38.2 Å². The fraction of sp³-hybridized carbons (Fsp3) is 0.409. The first kappa shape index (κ1) is 19.9. The average Bonchev–Trinajstić information content (AvgIpc) is 2.65. The summed E-state index contributed by atoms with van der Waals surface area (Å²) in [5, 5.41) is 13.4. The van der Waals surface area contributed by atoms with Crippen LogP contribution in [-0.4, -0.2) is 35.6 Å². The van der Waals surface area contributed by atoms with E-state index in [0.29, 0.717) is 46.7 Å². The first-order chi connectivity index (χ1) is 13.3. The number of esters is 1. The summed E-state index contributed by atoms with van der Waals surface area (Å²) in [6, 6.07) is 7.49. The van der Waals surface area contributed by atoms with Gasteiger partial charge in [0.25, 0.3) is 0 Å². The molecular formula is C22H26N2O4. The highest BCUT2D eigenvalue weighted by atomic mass is 16.5. The molecule has 0 unspecified atom stereocenters. The number of fused-ring (bicyclic) bond motifs is 1. The van der Waals surface area contributed by atoms with Gasteiger partial charge in [0.2, 0.25) is 0 Å². The smallest absolute Gasteiger partial charge is 0.340 e. The molecule has 1 N–H and O–H groups in total. The Morgan fingerprint density at radius 1 is 1.25 bits per heavy atom. The zero-order valence-corrected chi connectivity index (χ0v) is 17.0. The molecule has 0 amide bonds. The lowest BCUT2D eigenvalue weighted by atomic mass is 9.72. The van der Waals surface area contributed by atoms with Gasteiger partial charge in [-0.25, -0.2) is 4.79 Å². The number of ether oxygens (including phenoxy) is 2. The van der Waals surface area contributed by atoms with Crippen LogP contribution < -0.4 is 4.74 Å². The van der Waals surface area contributed by atoms with E-state index in [1.165, 1.54) is 0 Å². The number of hydrogen-bond donors (Lipinski definition) is 1. The van der Waals surface area contributed by atoms with Crippen LogP contribution in [0.5, 0.6) is 5.75 Å². The number of nitrogens with zero attached hydrogens (tertiary/aromatic N) is 2. The van der Waals surface area contributed by atoms with E-state index in [0.717, 1.165) is 11.3 Å². The van der Waals surface area contributed by atoms with Crippen LogP contribution in [0.3, 0.4) is 0 Å². The van der Waals surface area contributed by atoms with Crippen molar-refractivity contribution in [1.29, 1.82) is 0 Å². The number of carbonyl (C=O) groups is 1. The summed E-state index contributed by atoms with van der Waals surface area (Å²) in [4.78, 5) is 17.6. The molecule has 1 aliphatic carbocycles. The Morgan fingerprint density at radius 2 is 1.96 bits per heavy atom. The van der Waals surface area contributed by atoms with Crippen LogP contribution in [0.2, 0.25) is 0 Å². The molecule has 0 atom stereocenters. The normalized spacial score (nSPS) is 16.5. The van der Waals surface area contributed by atoms with Crippen molar-refractivity contribution in [3.05, 3.63) is 46.8 Å². The number of pyridine rings is 1. The number of carbonyl (C=O) groups excluding carboxylic acids is 1. The molecule has 6 heteroatoms. The van der Waals surface area contributed by atoms with Crippen LogP contribution >= 0.6 is 0 Å². The summed E-state index contributed by atoms with van der Waals surface area (Å²) in [7, 11) is 1.59. The van der Waals surface area contributed by atoms with Crippen molar-refractivity contribution in [3.8, 4) is 16.9 Å². The molecule has 1 aromatic heterocycles. The lowest BCUT2D eigenvalue weighted by molar-refractivity contribution is 0.0526. The standard InChI is InChI=1S/C22H26N2O4/c1-6-28-21(25)18-13(2)23-15-11-22(3,4)12-16(24-26)20(15)19(18)14-9-7-8-10-17(14)27-5/h7-10,26H,6,11-12H2,1-5H3. The van der Waals surface area contributed by atoms with Crippen molar-refractivity contribution in [3.63, 3.8) is 0 Å². The highest BCUT2D eigenvalue weighted by molar-refractivity contribution is 6.13. The maximum Gasteiger partial charge on any atom is 0.340 e. The number of benzene rings is 1. The van der Waals surface area contributed by atoms with Crippen molar-refractivity contribution >= 4 is 11.7 Å². The van der Waals surface area contributed by atoms with Gasteiger partial charge in [0.15, 0.2) is 0 Å². The van der Waals surface area contributed by atoms with E-state index in [4.69, 9.17) is 14.5 Å². The number of aromatic nitrogens is 1. The quantitative estimate of drug-likeness (QED) is 0.482. The van der Waals surface area contributed by atoms with Crippen LogP contribution in [0.4, 0.5) is 0 Å². The fourth-order valence-corrected chi connectivity index (χ4v) is 3.92. The molecule has 1 aromatic carbocycles. The van der Waals surface area contributed by atoms with Crippen LogP contribution in [0.25, 0.3) is 11.1 Å². The third-order valence-corrected chi connectivity index (χ3v) is 5.01. The third kappa shape index (κ3) is 3.46.